The lowest BCUT2D eigenvalue weighted by Crippen LogP contribution is -2.23. The summed E-state index contributed by atoms with van der Waals surface area (Å²) in [5.41, 5.74) is 2.50. The SMILES string of the molecule is CCCCOc1ccc(CNC(=O)c2cn[nH]c2-c2ccc(F)cc2)cc1OC. The van der Waals surface area contributed by atoms with E-state index in [2.05, 4.69) is 22.4 Å². The van der Waals surface area contributed by atoms with Crippen LogP contribution < -0.4 is 14.8 Å². The first-order chi connectivity index (χ1) is 14.1. The maximum atomic E-state index is 13.1. The molecular weight excluding hydrogens is 373 g/mol. The van der Waals surface area contributed by atoms with Gasteiger partial charge in [-0.25, -0.2) is 4.39 Å². The summed E-state index contributed by atoms with van der Waals surface area (Å²) in [7, 11) is 1.59. The van der Waals surface area contributed by atoms with Crippen molar-refractivity contribution in [3.8, 4) is 22.8 Å². The zero-order chi connectivity index (χ0) is 20.6. The molecule has 0 atom stereocenters. The van der Waals surface area contributed by atoms with Crippen LogP contribution in [0.5, 0.6) is 11.5 Å². The van der Waals surface area contributed by atoms with Gasteiger partial charge < -0.3 is 14.8 Å². The first-order valence-corrected chi connectivity index (χ1v) is 9.49. The molecule has 6 nitrogen and oxygen atoms in total. The number of hydrogen-bond acceptors (Lipinski definition) is 4. The average molecular weight is 397 g/mol. The molecule has 1 aromatic heterocycles. The van der Waals surface area contributed by atoms with Crippen LogP contribution in [0, 0.1) is 5.82 Å². The summed E-state index contributed by atoms with van der Waals surface area (Å²) in [5, 5.41) is 9.63. The quantitative estimate of drug-likeness (QED) is 0.527. The fourth-order valence-corrected chi connectivity index (χ4v) is 2.84. The molecule has 0 unspecified atom stereocenters. The molecule has 0 saturated heterocycles. The van der Waals surface area contributed by atoms with Gasteiger partial charge in [0, 0.05) is 12.1 Å². The summed E-state index contributed by atoms with van der Waals surface area (Å²) < 4.78 is 24.3. The van der Waals surface area contributed by atoms with E-state index in [4.69, 9.17) is 9.47 Å². The van der Waals surface area contributed by atoms with Crippen molar-refractivity contribution in [1.29, 1.82) is 0 Å². The normalized spacial score (nSPS) is 10.6. The smallest absolute Gasteiger partial charge is 0.255 e. The number of benzene rings is 2. The Morgan fingerprint density at radius 1 is 1.17 bits per heavy atom. The lowest BCUT2D eigenvalue weighted by molar-refractivity contribution is 0.0951. The molecule has 152 valence electrons. The third kappa shape index (κ3) is 5.13. The number of hydrogen-bond donors (Lipinski definition) is 2. The van der Waals surface area contributed by atoms with Crippen LogP contribution >= 0.6 is 0 Å². The number of rotatable bonds is 9. The van der Waals surface area contributed by atoms with Crippen molar-refractivity contribution in [2.24, 2.45) is 0 Å². The van der Waals surface area contributed by atoms with E-state index < -0.39 is 0 Å². The maximum absolute atomic E-state index is 13.1. The van der Waals surface area contributed by atoms with Crippen molar-refractivity contribution < 1.29 is 18.7 Å². The van der Waals surface area contributed by atoms with E-state index in [1.807, 2.05) is 18.2 Å². The zero-order valence-corrected chi connectivity index (χ0v) is 16.5. The van der Waals surface area contributed by atoms with E-state index in [-0.39, 0.29) is 11.7 Å². The Labute approximate surface area is 169 Å². The fourth-order valence-electron chi connectivity index (χ4n) is 2.84. The first kappa shape index (κ1) is 20.4. The largest absolute Gasteiger partial charge is 0.493 e. The van der Waals surface area contributed by atoms with Gasteiger partial charge in [0.05, 0.1) is 31.2 Å². The van der Waals surface area contributed by atoms with Crippen molar-refractivity contribution in [3.05, 3.63) is 65.6 Å². The third-order valence-electron chi connectivity index (χ3n) is 4.45. The van der Waals surface area contributed by atoms with Gasteiger partial charge in [-0.1, -0.05) is 19.4 Å². The van der Waals surface area contributed by atoms with E-state index in [9.17, 15) is 9.18 Å². The molecule has 29 heavy (non-hydrogen) atoms. The lowest BCUT2D eigenvalue weighted by Gasteiger charge is -2.12. The van der Waals surface area contributed by atoms with E-state index in [1.165, 1.54) is 18.3 Å². The molecule has 3 aromatic rings. The molecular formula is C22H24FN3O3. The number of carbonyl (C=O) groups is 1. The highest BCUT2D eigenvalue weighted by molar-refractivity contribution is 5.99. The molecule has 0 saturated carbocycles. The molecule has 0 aliphatic rings. The van der Waals surface area contributed by atoms with Crippen LogP contribution in [0.4, 0.5) is 4.39 Å². The maximum Gasteiger partial charge on any atom is 0.255 e. The number of unbranched alkanes of at least 4 members (excludes halogenated alkanes) is 1. The van der Waals surface area contributed by atoms with Gasteiger partial charge in [-0.3, -0.25) is 9.89 Å². The van der Waals surface area contributed by atoms with Crippen molar-refractivity contribution in [3.63, 3.8) is 0 Å². The van der Waals surface area contributed by atoms with Gasteiger partial charge in [-0.05, 0) is 48.4 Å². The minimum absolute atomic E-state index is 0.277. The predicted octanol–water partition coefficient (Wildman–Crippen LogP) is 4.33. The number of carbonyl (C=O) groups excluding carboxylic acids is 1. The van der Waals surface area contributed by atoms with Crippen molar-refractivity contribution in [2.45, 2.75) is 26.3 Å². The molecule has 7 heteroatoms. The molecule has 0 aliphatic carbocycles. The molecule has 0 bridgehead atoms. The molecule has 0 spiro atoms. The predicted molar refractivity (Wildman–Crippen MR) is 109 cm³/mol. The van der Waals surface area contributed by atoms with E-state index in [1.54, 1.807) is 19.2 Å². The summed E-state index contributed by atoms with van der Waals surface area (Å²) in [4.78, 5) is 12.6. The number of nitrogens with zero attached hydrogens (tertiary/aromatic N) is 1. The van der Waals surface area contributed by atoms with Gasteiger partial charge in [0.1, 0.15) is 5.82 Å². The number of ether oxygens (including phenoxy) is 2. The molecule has 0 aliphatic heterocycles. The molecule has 0 fully saturated rings. The molecule has 2 aromatic carbocycles. The second-order valence-corrected chi connectivity index (χ2v) is 6.54. The summed E-state index contributed by atoms with van der Waals surface area (Å²) in [5.74, 6) is 0.697. The van der Waals surface area contributed by atoms with Crippen LogP contribution in [0.15, 0.2) is 48.7 Å². The van der Waals surface area contributed by atoms with Gasteiger partial charge >= 0.3 is 0 Å². The number of halogens is 1. The Kier molecular flexibility index (Phi) is 6.84. The standard InChI is InChI=1S/C22H24FN3O3/c1-3-4-11-29-19-10-5-15(12-20(19)28-2)13-24-22(27)18-14-25-26-21(18)16-6-8-17(23)9-7-16/h5-10,12,14H,3-4,11,13H2,1-2H3,(H,24,27)(H,25,26). The van der Waals surface area contributed by atoms with Gasteiger partial charge in [0.2, 0.25) is 0 Å². The van der Waals surface area contributed by atoms with Crippen LogP contribution in [0.3, 0.4) is 0 Å². The number of aromatic amines is 1. The van der Waals surface area contributed by atoms with Gasteiger partial charge in [-0.15, -0.1) is 0 Å². The second kappa shape index (κ2) is 9.73. The number of amides is 1. The lowest BCUT2D eigenvalue weighted by atomic mass is 10.1. The van der Waals surface area contributed by atoms with Crippen molar-refractivity contribution in [1.82, 2.24) is 15.5 Å². The molecule has 3 rings (SSSR count). The highest BCUT2D eigenvalue weighted by atomic mass is 19.1. The topological polar surface area (TPSA) is 76.2 Å². The molecule has 2 N–H and O–H groups in total. The molecule has 0 radical (unpaired) electrons. The third-order valence-corrected chi connectivity index (χ3v) is 4.45. The van der Waals surface area contributed by atoms with Crippen LogP contribution in [0.2, 0.25) is 0 Å². The van der Waals surface area contributed by atoms with E-state index in [0.29, 0.717) is 41.5 Å². The van der Waals surface area contributed by atoms with Crippen LogP contribution in [0.1, 0.15) is 35.7 Å². The monoisotopic (exact) mass is 397 g/mol. The highest BCUT2D eigenvalue weighted by Crippen LogP contribution is 2.28. The summed E-state index contributed by atoms with van der Waals surface area (Å²) in [6.45, 7) is 3.06. The van der Waals surface area contributed by atoms with Crippen LogP contribution in [-0.4, -0.2) is 29.8 Å². The summed E-state index contributed by atoms with van der Waals surface area (Å²) >= 11 is 0. The van der Waals surface area contributed by atoms with Crippen LogP contribution in [0.25, 0.3) is 11.3 Å². The van der Waals surface area contributed by atoms with Gasteiger partial charge in [0.25, 0.3) is 5.91 Å². The minimum atomic E-state index is -0.338. The highest BCUT2D eigenvalue weighted by Gasteiger charge is 2.15. The first-order valence-electron chi connectivity index (χ1n) is 9.49. The Morgan fingerprint density at radius 3 is 2.69 bits per heavy atom. The summed E-state index contributed by atoms with van der Waals surface area (Å²) in [6, 6.07) is 11.5. The Balaban J connectivity index is 1.67. The summed E-state index contributed by atoms with van der Waals surface area (Å²) in [6.07, 6.45) is 3.49. The Hall–Kier alpha value is -3.35. The van der Waals surface area contributed by atoms with Crippen molar-refractivity contribution >= 4 is 5.91 Å². The number of methoxy groups -OCH3 is 1. The van der Waals surface area contributed by atoms with Gasteiger partial charge in [0.15, 0.2) is 11.5 Å². The van der Waals surface area contributed by atoms with Crippen LogP contribution in [-0.2, 0) is 6.54 Å². The number of H-pyrrole nitrogens is 1. The number of nitrogens with one attached hydrogen (secondary N) is 2. The minimum Gasteiger partial charge on any atom is -0.493 e. The van der Waals surface area contributed by atoms with Crippen molar-refractivity contribution in [2.75, 3.05) is 13.7 Å². The fraction of sp³-hybridized carbons (Fsp3) is 0.273. The Morgan fingerprint density at radius 2 is 1.97 bits per heavy atom. The van der Waals surface area contributed by atoms with E-state index >= 15 is 0 Å². The zero-order valence-electron chi connectivity index (χ0n) is 16.5. The Bertz CT molecular complexity index is 954. The van der Waals surface area contributed by atoms with E-state index in [0.717, 1.165) is 18.4 Å². The molecule has 1 heterocycles. The number of aromatic nitrogens is 2. The van der Waals surface area contributed by atoms with Gasteiger partial charge in [-0.2, -0.15) is 5.10 Å². The second-order valence-electron chi connectivity index (χ2n) is 6.54. The molecule has 1 amide bonds. The average Bonchev–Trinajstić information content (AvgIpc) is 3.23.